The quantitative estimate of drug-likeness (QED) is 0.725. The smallest absolute Gasteiger partial charge is 0.354 e. The second-order valence-electron chi connectivity index (χ2n) is 7.02. The van der Waals surface area contributed by atoms with Crippen LogP contribution < -0.4 is 5.32 Å². The fourth-order valence-corrected chi connectivity index (χ4v) is 5.19. The molecule has 0 radical (unpaired) electrons. The van der Waals surface area contributed by atoms with Crippen molar-refractivity contribution in [3.8, 4) is 0 Å². The molecule has 29 heavy (non-hydrogen) atoms. The number of sulfonamides is 1. The van der Waals surface area contributed by atoms with Gasteiger partial charge in [-0.3, -0.25) is 4.79 Å². The minimum atomic E-state index is -3.94. The van der Waals surface area contributed by atoms with Crippen LogP contribution in [0.25, 0.3) is 0 Å². The number of esters is 1. The minimum absolute atomic E-state index is 0.0293. The SMILES string of the molecule is CCOC(=O)c1cc(S(=O)(=O)N2CCC[C@H]2C(=O)Nc2cccc(C)c2)cn1C. The van der Waals surface area contributed by atoms with Crippen LogP contribution in [-0.2, 0) is 26.6 Å². The van der Waals surface area contributed by atoms with Gasteiger partial charge in [-0.1, -0.05) is 12.1 Å². The molecule has 1 aliphatic rings. The van der Waals surface area contributed by atoms with Crippen LogP contribution in [0.15, 0.2) is 41.4 Å². The molecule has 0 spiro atoms. The number of benzene rings is 1. The highest BCUT2D eigenvalue weighted by atomic mass is 32.2. The Hall–Kier alpha value is -2.65. The van der Waals surface area contributed by atoms with Crippen LogP contribution in [0.1, 0.15) is 35.8 Å². The summed E-state index contributed by atoms with van der Waals surface area (Å²) in [6.45, 7) is 4.04. The lowest BCUT2D eigenvalue weighted by Gasteiger charge is -2.23. The fraction of sp³-hybridized carbons (Fsp3) is 0.400. The molecule has 0 unspecified atom stereocenters. The van der Waals surface area contributed by atoms with E-state index in [2.05, 4.69) is 5.32 Å². The molecular formula is C20H25N3O5S. The molecule has 8 nitrogen and oxygen atoms in total. The first-order chi connectivity index (χ1) is 13.7. The van der Waals surface area contributed by atoms with Gasteiger partial charge in [-0.05, 0) is 50.5 Å². The number of aryl methyl sites for hydroxylation is 2. The second-order valence-corrected chi connectivity index (χ2v) is 8.92. The van der Waals surface area contributed by atoms with Gasteiger partial charge in [0.15, 0.2) is 0 Å². The van der Waals surface area contributed by atoms with Crippen molar-refractivity contribution < 1.29 is 22.7 Å². The molecule has 2 heterocycles. The highest BCUT2D eigenvalue weighted by Crippen LogP contribution is 2.28. The Morgan fingerprint density at radius 2 is 2.03 bits per heavy atom. The fourth-order valence-electron chi connectivity index (χ4n) is 3.46. The average Bonchev–Trinajstić information content (AvgIpc) is 3.29. The third-order valence-corrected chi connectivity index (χ3v) is 6.74. The van der Waals surface area contributed by atoms with Gasteiger partial charge < -0.3 is 14.6 Å². The zero-order valence-corrected chi connectivity index (χ0v) is 17.5. The summed E-state index contributed by atoms with van der Waals surface area (Å²) < 4.78 is 34.0. The minimum Gasteiger partial charge on any atom is -0.461 e. The summed E-state index contributed by atoms with van der Waals surface area (Å²) >= 11 is 0. The molecule has 1 atom stereocenters. The van der Waals surface area contributed by atoms with Gasteiger partial charge in [0.05, 0.1) is 6.61 Å². The van der Waals surface area contributed by atoms with Crippen molar-refractivity contribution in [2.24, 2.45) is 7.05 Å². The molecule has 9 heteroatoms. The van der Waals surface area contributed by atoms with Crippen LogP contribution in [-0.4, -0.2) is 48.4 Å². The molecule has 0 aliphatic carbocycles. The summed E-state index contributed by atoms with van der Waals surface area (Å²) in [5.74, 6) is -0.954. The molecule has 1 N–H and O–H groups in total. The van der Waals surface area contributed by atoms with E-state index in [4.69, 9.17) is 4.74 Å². The molecular weight excluding hydrogens is 394 g/mol. The van der Waals surface area contributed by atoms with Gasteiger partial charge in [0.25, 0.3) is 0 Å². The molecule has 156 valence electrons. The predicted molar refractivity (Wildman–Crippen MR) is 108 cm³/mol. The summed E-state index contributed by atoms with van der Waals surface area (Å²) in [6, 6.07) is 7.83. The molecule has 1 aromatic carbocycles. The number of aromatic nitrogens is 1. The lowest BCUT2D eigenvalue weighted by molar-refractivity contribution is -0.119. The van der Waals surface area contributed by atoms with Crippen molar-refractivity contribution in [2.45, 2.75) is 37.6 Å². The van der Waals surface area contributed by atoms with Gasteiger partial charge in [-0.15, -0.1) is 0 Å². The zero-order chi connectivity index (χ0) is 21.2. The van der Waals surface area contributed by atoms with Gasteiger partial charge in [0.1, 0.15) is 16.6 Å². The van der Waals surface area contributed by atoms with Gasteiger partial charge in [-0.25, -0.2) is 13.2 Å². The van der Waals surface area contributed by atoms with E-state index in [9.17, 15) is 18.0 Å². The maximum absolute atomic E-state index is 13.2. The summed E-state index contributed by atoms with van der Waals surface area (Å²) in [6.07, 6.45) is 2.40. The number of nitrogens with one attached hydrogen (secondary N) is 1. The van der Waals surface area contributed by atoms with Crippen molar-refractivity contribution in [3.05, 3.63) is 47.8 Å². The maximum Gasteiger partial charge on any atom is 0.354 e. The van der Waals surface area contributed by atoms with Crippen molar-refractivity contribution in [1.82, 2.24) is 8.87 Å². The van der Waals surface area contributed by atoms with Crippen LogP contribution >= 0.6 is 0 Å². The van der Waals surface area contributed by atoms with Crippen molar-refractivity contribution in [1.29, 1.82) is 0 Å². The number of ether oxygens (including phenoxy) is 1. The first-order valence-electron chi connectivity index (χ1n) is 9.47. The number of carbonyl (C=O) groups excluding carboxylic acids is 2. The largest absolute Gasteiger partial charge is 0.461 e. The van der Waals surface area contributed by atoms with Gasteiger partial charge >= 0.3 is 5.97 Å². The second kappa shape index (κ2) is 8.38. The number of anilines is 1. The highest BCUT2D eigenvalue weighted by Gasteiger charge is 2.40. The Kier molecular flexibility index (Phi) is 6.09. The molecule has 0 bridgehead atoms. The summed E-state index contributed by atoms with van der Waals surface area (Å²) in [4.78, 5) is 24.8. The third kappa shape index (κ3) is 4.35. The van der Waals surface area contributed by atoms with E-state index in [1.54, 1.807) is 20.0 Å². The Balaban J connectivity index is 1.83. The van der Waals surface area contributed by atoms with E-state index >= 15 is 0 Å². The zero-order valence-electron chi connectivity index (χ0n) is 16.7. The normalized spacial score (nSPS) is 17.3. The lowest BCUT2D eigenvalue weighted by atomic mass is 10.2. The number of hydrogen-bond donors (Lipinski definition) is 1. The van der Waals surface area contributed by atoms with E-state index in [1.807, 2.05) is 25.1 Å². The number of carbonyl (C=O) groups is 2. The average molecular weight is 420 g/mol. The molecule has 1 aliphatic heterocycles. The van der Waals surface area contributed by atoms with E-state index in [-0.39, 0.29) is 29.6 Å². The van der Waals surface area contributed by atoms with E-state index in [1.165, 1.54) is 21.1 Å². The Morgan fingerprint density at radius 3 is 2.72 bits per heavy atom. The summed E-state index contributed by atoms with van der Waals surface area (Å²) in [5.41, 5.74) is 1.77. The molecule has 0 saturated carbocycles. The maximum atomic E-state index is 13.2. The number of rotatable bonds is 6. The monoisotopic (exact) mass is 419 g/mol. The van der Waals surface area contributed by atoms with Crippen LogP contribution in [0.4, 0.5) is 5.69 Å². The van der Waals surface area contributed by atoms with E-state index < -0.39 is 22.0 Å². The van der Waals surface area contributed by atoms with E-state index in [0.29, 0.717) is 18.5 Å². The summed E-state index contributed by atoms with van der Waals surface area (Å²) in [5, 5.41) is 2.81. The number of nitrogens with zero attached hydrogens (tertiary/aromatic N) is 2. The number of hydrogen-bond acceptors (Lipinski definition) is 5. The first kappa shape index (κ1) is 21.1. The van der Waals surface area contributed by atoms with Crippen LogP contribution in [0, 0.1) is 6.92 Å². The predicted octanol–water partition coefficient (Wildman–Crippen LogP) is 2.30. The summed E-state index contributed by atoms with van der Waals surface area (Å²) in [7, 11) is -2.36. The first-order valence-corrected chi connectivity index (χ1v) is 10.9. The van der Waals surface area contributed by atoms with Crippen molar-refractivity contribution in [2.75, 3.05) is 18.5 Å². The van der Waals surface area contributed by atoms with Crippen LogP contribution in [0.2, 0.25) is 0 Å². The molecule has 2 aromatic rings. The van der Waals surface area contributed by atoms with Gasteiger partial charge in [0.2, 0.25) is 15.9 Å². The van der Waals surface area contributed by atoms with Crippen molar-refractivity contribution >= 4 is 27.6 Å². The van der Waals surface area contributed by atoms with Crippen LogP contribution in [0.3, 0.4) is 0 Å². The van der Waals surface area contributed by atoms with Gasteiger partial charge in [0, 0.05) is 25.5 Å². The molecule has 3 rings (SSSR count). The molecule has 1 aromatic heterocycles. The van der Waals surface area contributed by atoms with E-state index in [0.717, 1.165) is 5.56 Å². The van der Waals surface area contributed by atoms with Gasteiger partial charge in [-0.2, -0.15) is 4.31 Å². The lowest BCUT2D eigenvalue weighted by Crippen LogP contribution is -2.43. The number of amides is 1. The highest BCUT2D eigenvalue weighted by molar-refractivity contribution is 7.89. The molecule has 1 fully saturated rings. The standard InChI is InChI=1S/C20H25N3O5S/c1-4-28-20(25)18-12-16(13-22(18)3)29(26,27)23-10-6-9-17(23)19(24)21-15-8-5-7-14(2)11-15/h5,7-8,11-13,17H,4,6,9-10H2,1-3H3,(H,21,24)/t17-/m0/s1. The molecule has 1 saturated heterocycles. The Bertz CT molecular complexity index is 1030. The Labute approximate surface area is 170 Å². The molecule has 1 amide bonds. The third-order valence-electron chi connectivity index (χ3n) is 4.86. The Morgan fingerprint density at radius 1 is 1.28 bits per heavy atom. The van der Waals surface area contributed by atoms with Crippen molar-refractivity contribution in [3.63, 3.8) is 0 Å². The van der Waals surface area contributed by atoms with Crippen LogP contribution in [0.5, 0.6) is 0 Å². The topological polar surface area (TPSA) is 97.7 Å².